The predicted molar refractivity (Wildman–Crippen MR) is 259 cm³/mol. The summed E-state index contributed by atoms with van der Waals surface area (Å²) < 4.78 is 5.93. The molecule has 60 heavy (non-hydrogen) atoms. The number of unbranched alkanes of at least 4 members (excludes halogenated alkanes) is 29. The van der Waals surface area contributed by atoms with Crippen LogP contribution in [0.25, 0.3) is 0 Å². The third kappa shape index (κ3) is 42.8. The van der Waals surface area contributed by atoms with E-state index in [1.54, 1.807) is 0 Å². The molecule has 0 aromatic carbocycles. The molecule has 6 heteroatoms. The SMILES string of the molecule is CCCC/C=C\CCCCCCCC(=O)OC(CCCCCCCCC/C=C\C/C=C\CCCCC)CC(=O)NC(CO)C(O)CCCCCCCCCCCCCCC. The molecule has 1 amide bonds. The number of aliphatic hydroxyl groups is 2. The molecule has 0 heterocycles. The molecule has 3 N–H and O–H groups in total. The molecule has 0 aliphatic heterocycles. The number of esters is 1. The Kier molecular flexibility index (Phi) is 46.6. The number of hydrogen-bond donors (Lipinski definition) is 3. The fourth-order valence-electron chi connectivity index (χ4n) is 7.91. The Hall–Kier alpha value is -1.92. The number of ether oxygens (including phenoxy) is 1. The molecule has 3 atom stereocenters. The lowest BCUT2D eigenvalue weighted by atomic mass is 10.0. The fraction of sp³-hybridized carbons (Fsp3) is 0.852. The largest absolute Gasteiger partial charge is 0.462 e. The van der Waals surface area contributed by atoms with Crippen molar-refractivity contribution >= 4 is 11.9 Å². The summed E-state index contributed by atoms with van der Waals surface area (Å²) in [7, 11) is 0. The Bertz CT molecular complexity index is 993. The molecule has 3 unspecified atom stereocenters. The number of carbonyl (C=O) groups is 2. The number of allylic oxidation sites excluding steroid dienone is 6. The second kappa shape index (κ2) is 48.1. The summed E-state index contributed by atoms with van der Waals surface area (Å²) in [6, 6.07) is -0.703. The maximum atomic E-state index is 13.2. The Morgan fingerprint density at radius 2 is 0.867 bits per heavy atom. The molecular formula is C54H101NO5. The van der Waals surface area contributed by atoms with Crippen LogP contribution in [0.15, 0.2) is 36.5 Å². The van der Waals surface area contributed by atoms with Crippen molar-refractivity contribution in [3.63, 3.8) is 0 Å². The first-order chi connectivity index (χ1) is 29.5. The van der Waals surface area contributed by atoms with Crippen molar-refractivity contribution in [2.45, 2.75) is 289 Å². The molecule has 0 radical (unpaired) electrons. The minimum absolute atomic E-state index is 0.0711. The average molecular weight is 844 g/mol. The third-order valence-corrected chi connectivity index (χ3v) is 11.9. The van der Waals surface area contributed by atoms with Crippen LogP contribution < -0.4 is 5.32 Å². The summed E-state index contributed by atoms with van der Waals surface area (Å²) in [5, 5.41) is 23.8. The van der Waals surface area contributed by atoms with Crippen LogP contribution in [-0.2, 0) is 14.3 Å². The molecule has 6 nitrogen and oxygen atoms in total. The quantitative estimate of drug-likeness (QED) is 0.0322. The predicted octanol–water partition coefficient (Wildman–Crippen LogP) is 15.7. The van der Waals surface area contributed by atoms with Gasteiger partial charge in [-0.2, -0.15) is 0 Å². The Balaban J connectivity index is 4.57. The Labute approximate surface area is 373 Å². The van der Waals surface area contributed by atoms with E-state index in [1.807, 2.05) is 0 Å². The minimum atomic E-state index is -0.789. The van der Waals surface area contributed by atoms with Gasteiger partial charge < -0.3 is 20.3 Å². The van der Waals surface area contributed by atoms with Gasteiger partial charge in [-0.05, 0) is 77.0 Å². The lowest BCUT2D eigenvalue weighted by Crippen LogP contribution is -2.46. The zero-order valence-electron chi connectivity index (χ0n) is 40.1. The summed E-state index contributed by atoms with van der Waals surface area (Å²) in [5.74, 6) is -0.484. The number of carbonyl (C=O) groups excluding carboxylic acids is 2. The molecule has 0 aromatic heterocycles. The summed E-state index contributed by atoms with van der Waals surface area (Å²) in [5.41, 5.74) is 0. The van der Waals surface area contributed by atoms with Crippen molar-refractivity contribution in [3.8, 4) is 0 Å². The van der Waals surface area contributed by atoms with E-state index in [1.165, 1.54) is 154 Å². The maximum Gasteiger partial charge on any atom is 0.306 e. The van der Waals surface area contributed by atoms with Gasteiger partial charge in [0.15, 0.2) is 0 Å². The smallest absolute Gasteiger partial charge is 0.306 e. The van der Waals surface area contributed by atoms with Crippen molar-refractivity contribution in [1.82, 2.24) is 5.32 Å². The van der Waals surface area contributed by atoms with Gasteiger partial charge in [-0.15, -0.1) is 0 Å². The molecule has 0 fully saturated rings. The van der Waals surface area contributed by atoms with Crippen LogP contribution in [-0.4, -0.2) is 46.9 Å². The van der Waals surface area contributed by atoms with Crippen molar-refractivity contribution in [2.75, 3.05) is 6.61 Å². The molecule has 0 spiro atoms. The van der Waals surface area contributed by atoms with Gasteiger partial charge >= 0.3 is 5.97 Å². The van der Waals surface area contributed by atoms with E-state index in [2.05, 4.69) is 62.5 Å². The number of nitrogens with one attached hydrogen (secondary N) is 1. The number of hydrogen-bond acceptors (Lipinski definition) is 5. The first kappa shape index (κ1) is 58.1. The van der Waals surface area contributed by atoms with E-state index in [0.29, 0.717) is 19.3 Å². The fourth-order valence-corrected chi connectivity index (χ4v) is 7.91. The van der Waals surface area contributed by atoms with Crippen LogP contribution in [0.4, 0.5) is 0 Å². The average Bonchev–Trinajstić information content (AvgIpc) is 3.24. The third-order valence-electron chi connectivity index (χ3n) is 11.9. The van der Waals surface area contributed by atoms with Crippen LogP contribution in [0.2, 0.25) is 0 Å². The highest BCUT2D eigenvalue weighted by Crippen LogP contribution is 2.18. The van der Waals surface area contributed by atoms with Crippen molar-refractivity contribution in [2.24, 2.45) is 0 Å². The molecule has 0 rings (SSSR count). The van der Waals surface area contributed by atoms with Crippen LogP contribution in [0.5, 0.6) is 0 Å². The summed E-state index contributed by atoms with van der Waals surface area (Å²) in [4.78, 5) is 26.1. The lowest BCUT2D eigenvalue weighted by Gasteiger charge is -2.24. The van der Waals surface area contributed by atoms with Gasteiger partial charge in [-0.3, -0.25) is 9.59 Å². The Morgan fingerprint density at radius 1 is 0.483 bits per heavy atom. The first-order valence-corrected chi connectivity index (χ1v) is 26.2. The molecule has 0 aliphatic rings. The molecule has 0 saturated heterocycles. The molecule has 0 aliphatic carbocycles. The van der Waals surface area contributed by atoms with Gasteiger partial charge in [0, 0.05) is 6.42 Å². The number of aliphatic hydroxyl groups excluding tert-OH is 2. The summed E-state index contributed by atoms with van der Waals surface area (Å²) >= 11 is 0. The second-order valence-corrected chi connectivity index (χ2v) is 17.9. The van der Waals surface area contributed by atoms with Gasteiger partial charge in [-0.1, -0.05) is 218 Å². The Morgan fingerprint density at radius 3 is 1.37 bits per heavy atom. The van der Waals surface area contributed by atoms with Crippen LogP contribution >= 0.6 is 0 Å². The van der Waals surface area contributed by atoms with Gasteiger partial charge in [0.1, 0.15) is 6.10 Å². The normalized spacial score (nSPS) is 13.5. The van der Waals surface area contributed by atoms with E-state index in [4.69, 9.17) is 4.74 Å². The number of amides is 1. The zero-order valence-corrected chi connectivity index (χ0v) is 40.1. The molecular weight excluding hydrogens is 743 g/mol. The molecule has 352 valence electrons. The van der Waals surface area contributed by atoms with Gasteiger partial charge in [0.25, 0.3) is 0 Å². The second-order valence-electron chi connectivity index (χ2n) is 17.9. The molecule has 0 bridgehead atoms. The standard InChI is InChI=1S/C54H101NO5/c1-4-7-10-13-16-19-22-24-25-26-27-29-31-33-36-39-42-45-50(60-54(59)47-44-41-38-35-30-21-18-15-12-9-6-3)48-53(58)55-51(49-56)52(57)46-43-40-37-34-32-28-23-20-17-14-11-8-5-2/h15-16,18-19,24-25,50-52,56-57H,4-14,17,20-23,26-49H2,1-3H3,(H,55,58)/b18-15-,19-16-,25-24-. The minimum Gasteiger partial charge on any atom is -0.462 e. The summed E-state index contributed by atoms with van der Waals surface area (Å²) in [6.45, 7) is 6.43. The highest BCUT2D eigenvalue weighted by Gasteiger charge is 2.24. The van der Waals surface area contributed by atoms with E-state index >= 15 is 0 Å². The van der Waals surface area contributed by atoms with E-state index in [-0.39, 0.29) is 24.9 Å². The topological polar surface area (TPSA) is 95.9 Å². The van der Waals surface area contributed by atoms with Crippen LogP contribution in [0.3, 0.4) is 0 Å². The highest BCUT2D eigenvalue weighted by atomic mass is 16.5. The monoisotopic (exact) mass is 844 g/mol. The van der Waals surface area contributed by atoms with Crippen molar-refractivity contribution in [3.05, 3.63) is 36.5 Å². The molecule has 0 aromatic rings. The van der Waals surface area contributed by atoms with Crippen molar-refractivity contribution < 1.29 is 24.5 Å². The number of rotatable bonds is 47. The highest BCUT2D eigenvalue weighted by molar-refractivity contribution is 5.77. The van der Waals surface area contributed by atoms with E-state index in [9.17, 15) is 19.8 Å². The van der Waals surface area contributed by atoms with E-state index < -0.39 is 18.2 Å². The maximum absolute atomic E-state index is 13.2. The first-order valence-electron chi connectivity index (χ1n) is 26.2. The van der Waals surface area contributed by atoms with Crippen LogP contribution in [0, 0.1) is 0 Å². The lowest BCUT2D eigenvalue weighted by molar-refractivity contribution is -0.151. The van der Waals surface area contributed by atoms with Crippen molar-refractivity contribution in [1.29, 1.82) is 0 Å². The molecule has 0 saturated carbocycles. The van der Waals surface area contributed by atoms with Gasteiger partial charge in [-0.25, -0.2) is 0 Å². The summed E-state index contributed by atoms with van der Waals surface area (Å²) in [6.07, 6.45) is 56.3. The van der Waals surface area contributed by atoms with Crippen LogP contribution in [0.1, 0.15) is 271 Å². The van der Waals surface area contributed by atoms with Gasteiger partial charge in [0.2, 0.25) is 5.91 Å². The van der Waals surface area contributed by atoms with E-state index in [0.717, 1.165) is 70.6 Å². The zero-order chi connectivity index (χ0) is 43.8. The van der Waals surface area contributed by atoms with Gasteiger partial charge in [0.05, 0.1) is 25.2 Å².